The van der Waals surface area contributed by atoms with Gasteiger partial charge in [-0.25, -0.2) is 4.79 Å². The summed E-state index contributed by atoms with van der Waals surface area (Å²) < 4.78 is 6.60. The number of ether oxygens (including phenoxy) is 1. The van der Waals surface area contributed by atoms with Crippen molar-refractivity contribution in [2.24, 2.45) is 0 Å². The minimum absolute atomic E-state index is 0. The first-order chi connectivity index (χ1) is 8.53. The van der Waals surface area contributed by atoms with E-state index in [0.29, 0.717) is 16.2 Å². The first kappa shape index (κ1) is 14.8. The molecule has 0 radical (unpaired) electrons. The van der Waals surface area contributed by atoms with Crippen molar-refractivity contribution in [3.8, 4) is 0 Å². The van der Waals surface area contributed by atoms with Gasteiger partial charge in [0.2, 0.25) is 0 Å². The van der Waals surface area contributed by atoms with Gasteiger partial charge in [0.1, 0.15) is 0 Å². The number of carbonyl (C=O) groups is 1. The summed E-state index contributed by atoms with van der Waals surface area (Å²) in [5, 5.41) is 19.8. The number of halogens is 1. The maximum Gasteiger partial charge on any atom is 1.00 e. The predicted octanol–water partition coefficient (Wildman–Crippen LogP) is -1.37. The molecule has 0 amide bonds. The van der Waals surface area contributed by atoms with Gasteiger partial charge in [-0.3, -0.25) is 0 Å². The Hall–Kier alpha value is -0.560. The van der Waals surface area contributed by atoms with Gasteiger partial charge in [-0.1, -0.05) is 11.6 Å². The molecule has 5 nitrogen and oxygen atoms in total. The number of aliphatic hydroxyl groups is 1. The van der Waals surface area contributed by atoms with Crippen LogP contribution in [0.2, 0.25) is 5.02 Å². The van der Waals surface area contributed by atoms with E-state index in [9.17, 15) is 15.0 Å². The molecular weight excluding hydrogens is 281 g/mol. The summed E-state index contributed by atoms with van der Waals surface area (Å²) in [4.78, 5) is 11.2. The Bertz CT molecular complexity index is 656. The molecule has 0 spiro atoms. The molecular formula is C12H11ClNNaO4. The average molecular weight is 292 g/mol. The van der Waals surface area contributed by atoms with Crippen molar-refractivity contribution in [3.63, 3.8) is 0 Å². The van der Waals surface area contributed by atoms with Gasteiger partial charge in [-0.2, -0.15) is 0 Å². The maximum absolute atomic E-state index is 11.2. The van der Waals surface area contributed by atoms with E-state index in [0.717, 1.165) is 0 Å². The first-order valence-electron chi connectivity index (χ1n) is 5.36. The van der Waals surface area contributed by atoms with Crippen LogP contribution in [0.25, 0.3) is 5.52 Å². The van der Waals surface area contributed by atoms with Crippen LogP contribution in [0.1, 0.15) is 17.5 Å². The predicted molar refractivity (Wildman–Crippen MR) is 65.2 cm³/mol. The molecule has 0 aliphatic carbocycles. The zero-order valence-corrected chi connectivity index (χ0v) is 13.0. The fourth-order valence-corrected chi connectivity index (χ4v) is 2.45. The Morgan fingerprint density at radius 1 is 1.53 bits per heavy atom. The topological polar surface area (TPSA) is 71.2 Å². The molecule has 0 bridgehead atoms. The van der Waals surface area contributed by atoms with Crippen molar-refractivity contribution in [1.82, 2.24) is 4.40 Å². The summed E-state index contributed by atoms with van der Waals surface area (Å²) in [6.07, 6.45) is 1.68. The van der Waals surface area contributed by atoms with E-state index < -0.39 is 11.6 Å². The SMILES string of the molecule is O=C(O)c1cc(C2(O)COC2)n2cccc(Cl)c12.[H-].[Na+]. The van der Waals surface area contributed by atoms with E-state index in [1.165, 1.54) is 6.07 Å². The molecule has 1 saturated heterocycles. The molecule has 1 fully saturated rings. The van der Waals surface area contributed by atoms with Gasteiger partial charge in [-0.15, -0.1) is 0 Å². The summed E-state index contributed by atoms with van der Waals surface area (Å²) in [7, 11) is 0. The van der Waals surface area contributed by atoms with E-state index in [1.807, 2.05) is 0 Å². The molecule has 96 valence electrons. The van der Waals surface area contributed by atoms with Crippen molar-refractivity contribution >= 4 is 23.1 Å². The van der Waals surface area contributed by atoms with Crippen molar-refractivity contribution in [2.75, 3.05) is 13.2 Å². The van der Waals surface area contributed by atoms with E-state index in [1.54, 1.807) is 22.7 Å². The fourth-order valence-electron chi connectivity index (χ4n) is 2.18. The van der Waals surface area contributed by atoms with Crippen LogP contribution in [0, 0.1) is 0 Å². The molecule has 0 aromatic carbocycles. The Morgan fingerprint density at radius 2 is 2.21 bits per heavy atom. The smallest absolute Gasteiger partial charge is 1.00 e. The number of pyridine rings is 1. The van der Waals surface area contributed by atoms with Crippen molar-refractivity contribution < 1.29 is 50.7 Å². The summed E-state index contributed by atoms with van der Waals surface area (Å²) in [5.74, 6) is -1.07. The number of aromatic nitrogens is 1. The zero-order chi connectivity index (χ0) is 12.9. The first-order valence-corrected chi connectivity index (χ1v) is 5.74. The largest absolute Gasteiger partial charge is 1.00 e. The average Bonchev–Trinajstić information content (AvgIpc) is 2.67. The van der Waals surface area contributed by atoms with Crippen LogP contribution < -0.4 is 29.6 Å². The third-order valence-electron chi connectivity index (χ3n) is 3.13. The molecule has 0 saturated carbocycles. The van der Waals surface area contributed by atoms with E-state index in [-0.39, 0.29) is 49.8 Å². The van der Waals surface area contributed by atoms with E-state index in [2.05, 4.69) is 0 Å². The standard InChI is InChI=1S/C12H10ClNO4.Na.H/c13-8-2-1-3-14-9(12(17)5-18-6-12)4-7(10(8)14)11(15)16;;/h1-4,17H,5-6H2,(H,15,16);;/q;+1;-1. The number of fused-ring (bicyclic) bond motifs is 1. The Balaban J connectivity index is 0.000001000. The molecule has 0 atom stereocenters. The quantitative estimate of drug-likeness (QED) is 0.670. The van der Waals surface area contributed by atoms with Crippen molar-refractivity contribution in [3.05, 3.63) is 40.7 Å². The van der Waals surface area contributed by atoms with Gasteiger partial charge in [0.15, 0.2) is 5.60 Å². The zero-order valence-electron chi connectivity index (χ0n) is 11.3. The van der Waals surface area contributed by atoms with Gasteiger partial charge < -0.3 is 20.8 Å². The van der Waals surface area contributed by atoms with Gasteiger partial charge >= 0.3 is 35.5 Å². The molecule has 0 unspecified atom stereocenters. The second kappa shape index (κ2) is 5.09. The number of carboxylic acids is 1. The third kappa shape index (κ3) is 2.20. The summed E-state index contributed by atoms with van der Waals surface area (Å²) in [6.45, 7) is 0.315. The number of aromatic carboxylic acids is 1. The number of hydrogen-bond acceptors (Lipinski definition) is 3. The number of nitrogens with zero attached hydrogens (tertiary/aromatic N) is 1. The number of carboxylic acid groups (broad SMARTS) is 1. The molecule has 3 rings (SSSR count). The van der Waals surface area contributed by atoms with Crippen LogP contribution in [0.15, 0.2) is 24.4 Å². The van der Waals surface area contributed by atoms with Gasteiger partial charge in [0.05, 0.1) is 35.0 Å². The second-order valence-electron chi connectivity index (χ2n) is 4.35. The van der Waals surface area contributed by atoms with E-state index in [4.69, 9.17) is 16.3 Å². The number of rotatable bonds is 2. The van der Waals surface area contributed by atoms with Crippen LogP contribution in [-0.4, -0.2) is 33.8 Å². The monoisotopic (exact) mass is 291 g/mol. The van der Waals surface area contributed by atoms with Crippen molar-refractivity contribution in [1.29, 1.82) is 0 Å². The molecule has 3 heterocycles. The molecule has 2 N–H and O–H groups in total. The fraction of sp³-hybridized carbons (Fsp3) is 0.250. The molecule has 1 aliphatic rings. The number of hydrogen-bond donors (Lipinski definition) is 2. The van der Waals surface area contributed by atoms with Gasteiger partial charge in [-0.05, 0) is 18.2 Å². The van der Waals surface area contributed by atoms with Crippen LogP contribution in [0.4, 0.5) is 0 Å². The third-order valence-corrected chi connectivity index (χ3v) is 3.43. The minimum atomic E-state index is -1.14. The van der Waals surface area contributed by atoms with Crippen LogP contribution in [0.3, 0.4) is 0 Å². The molecule has 2 aromatic rings. The summed E-state index contributed by atoms with van der Waals surface area (Å²) in [5.41, 5.74) is -0.178. The summed E-state index contributed by atoms with van der Waals surface area (Å²) in [6, 6.07) is 4.77. The normalized spacial score (nSPS) is 16.7. The van der Waals surface area contributed by atoms with Crippen LogP contribution in [0.5, 0.6) is 0 Å². The van der Waals surface area contributed by atoms with E-state index >= 15 is 0 Å². The summed E-state index contributed by atoms with van der Waals surface area (Å²) >= 11 is 6.03. The Morgan fingerprint density at radius 3 is 2.74 bits per heavy atom. The molecule has 1 aliphatic heterocycles. The minimum Gasteiger partial charge on any atom is -1.00 e. The van der Waals surface area contributed by atoms with Gasteiger partial charge in [0, 0.05) is 6.20 Å². The van der Waals surface area contributed by atoms with Crippen molar-refractivity contribution in [2.45, 2.75) is 5.60 Å². The van der Waals surface area contributed by atoms with Crippen LogP contribution in [-0.2, 0) is 10.3 Å². The van der Waals surface area contributed by atoms with Crippen LogP contribution >= 0.6 is 11.6 Å². The van der Waals surface area contributed by atoms with Gasteiger partial charge in [0.25, 0.3) is 0 Å². The Kier molecular flexibility index (Phi) is 3.97. The molecule has 7 heteroatoms. The molecule has 2 aromatic heterocycles. The maximum atomic E-state index is 11.2. The molecule has 19 heavy (non-hydrogen) atoms. The second-order valence-corrected chi connectivity index (χ2v) is 4.75. The Labute approximate surface area is 137 Å².